The lowest BCUT2D eigenvalue weighted by atomic mass is 10.2. The summed E-state index contributed by atoms with van der Waals surface area (Å²) in [7, 11) is 0. The number of rotatable bonds is 3. The number of halogens is 2. The first-order valence-electron chi connectivity index (χ1n) is 6.79. The Labute approximate surface area is 146 Å². The summed E-state index contributed by atoms with van der Waals surface area (Å²) in [5.41, 5.74) is -0.489. The third kappa shape index (κ3) is 3.45. The van der Waals surface area contributed by atoms with Crippen LogP contribution in [0.2, 0.25) is 10.3 Å². The van der Waals surface area contributed by atoms with Crippen molar-refractivity contribution in [1.82, 2.24) is 14.5 Å². The molecule has 1 N–H and O–H groups in total. The Hall–Kier alpha value is -2.70. The van der Waals surface area contributed by atoms with Crippen LogP contribution in [0.15, 0.2) is 58.4 Å². The molecule has 0 radical (unpaired) electrons. The summed E-state index contributed by atoms with van der Waals surface area (Å²) >= 11 is 11.6. The van der Waals surface area contributed by atoms with E-state index in [1.807, 2.05) is 0 Å². The fourth-order valence-corrected chi connectivity index (χ4v) is 2.29. The Bertz CT molecular complexity index is 986. The average Bonchev–Trinajstić information content (AvgIpc) is 2.55. The highest BCUT2D eigenvalue weighted by atomic mass is 35.5. The van der Waals surface area contributed by atoms with Crippen molar-refractivity contribution in [2.24, 2.45) is 4.99 Å². The fourth-order valence-electron chi connectivity index (χ4n) is 1.98. The SMILES string of the molecule is O=c1c(C=Nc2cccc(Cl)n2)c(O)ccn1-c1cccc(Cl)n1. The van der Waals surface area contributed by atoms with Crippen LogP contribution in [0.5, 0.6) is 5.75 Å². The van der Waals surface area contributed by atoms with E-state index in [9.17, 15) is 9.90 Å². The van der Waals surface area contributed by atoms with Gasteiger partial charge in [-0.05, 0) is 30.3 Å². The molecule has 0 saturated carbocycles. The molecular formula is C16H10Cl2N4O2. The Morgan fingerprint density at radius 1 is 1.04 bits per heavy atom. The van der Waals surface area contributed by atoms with Crippen molar-refractivity contribution in [2.45, 2.75) is 0 Å². The highest BCUT2D eigenvalue weighted by molar-refractivity contribution is 6.29. The lowest BCUT2D eigenvalue weighted by Gasteiger charge is -2.07. The first-order chi connectivity index (χ1) is 11.5. The lowest BCUT2D eigenvalue weighted by Crippen LogP contribution is -2.22. The van der Waals surface area contributed by atoms with Gasteiger partial charge in [-0.2, -0.15) is 0 Å². The van der Waals surface area contributed by atoms with E-state index in [-0.39, 0.29) is 21.6 Å². The van der Waals surface area contributed by atoms with E-state index in [1.165, 1.54) is 23.0 Å². The maximum atomic E-state index is 12.6. The standard InChI is InChI=1S/C16H10Cl2N4O2/c17-12-3-1-5-14(20-12)19-9-10-11(23)7-8-22(16(10)24)15-6-2-4-13(18)21-15/h1-9,23H. The van der Waals surface area contributed by atoms with Gasteiger partial charge in [0.25, 0.3) is 5.56 Å². The molecule has 0 aromatic carbocycles. The van der Waals surface area contributed by atoms with Gasteiger partial charge in [0.2, 0.25) is 0 Å². The number of aliphatic imine (C=N–C) groups is 1. The molecule has 0 unspecified atom stereocenters. The summed E-state index contributed by atoms with van der Waals surface area (Å²) in [6.07, 6.45) is 2.64. The minimum absolute atomic E-state index is 0.000973. The van der Waals surface area contributed by atoms with Gasteiger partial charge in [-0.25, -0.2) is 15.0 Å². The molecule has 0 spiro atoms. The molecule has 0 amide bonds. The van der Waals surface area contributed by atoms with Crippen LogP contribution in [0, 0.1) is 0 Å². The van der Waals surface area contributed by atoms with Gasteiger partial charge in [-0.3, -0.25) is 9.36 Å². The zero-order chi connectivity index (χ0) is 17.1. The molecule has 3 aromatic heterocycles. The minimum atomic E-state index is -0.490. The van der Waals surface area contributed by atoms with Crippen LogP contribution < -0.4 is 5.56 Å². The van der Waals surface area contributed by atoms with Crippen molar-refractivity contribution in [2.75, 3.05) is 0 Å². The second kappa shape index (κ2) is 6.82. The summed E-state index contributed by atoms with van der Waals surface area (Å²) in [6.45, 7) is 0. The molecule has 3 heterocycles. The van der Waals surface area contributed by atoms with E-state index in [2.05, 4.69) is 15.0 Å². The summed E-state index contributed by atoms with van der Waals surface area (Å²) in [5.74, 6) is 0.449. The minimum Gasteiger partial charge on any atom is -0.507 e. The van der Waals surface area contributed by atoms with Crippen molar-refractivity contribution < 1.29 is 5.11 Å². The zero-order valence-corrected chi connectivity index (χ0v) is 13.6. The smallest absolute Gasteiger partial charge is 0.268 e. The molecule has 0 atom stereocenters. The molecule has 6 nitrogen and oxygen atoms in total. The van der Waals surface area contributed by atoms with Crippen molar-refractivity contribution >= 4 is 35.2 Å². The molecule has 3 aromatic rings. The molecule has 0 bridgehead atoms. The van der Waals surface area contributed by atoms with E-state index < -0.39 is 5.56 Å². The number of hydrogen-bond donors (Lipinski definition) is 1. The first kappa shape index (κ1) is 16.2. The highest BCUT2D eigenvalue weighted by Gasteiger charge is 2.10. The molecule has 8 heteroatoms. The number of nitrogens with zero attached hydrogens (tertiary/aromatic N) is 4. The second-order valence-electron chi connectivity index (χ2n) is 4.69. The van der Waals surface area contributed by atoms with E-state index in [4.69, 9.17) is 23.2 Å². The van der Waals surface area contributed by atoms with Gasteiger partial charge in [0.1, 0.15) is 27.4 Å². The summed E-state index contributed by atoms with van der Waals surface area (Å²) in [6, 6.07) is 11.2. The van der Waals surface area contributed by atoms with E-state index in [0.717, 1.165) is 0 Å². The molecule has 0 aliphatic rings. The van der Waals surface area contributed by atoms with Gasteiger partial charge in [-0.15, -0.1) is 0 Å². The molecule has 0 saturated heterocycles. The van der Waals surface area contributed by atoms with Crippen molar-refractivity contribution in [3.8, 4) is 11.6 Å². The number of aromatic hydroxyl groups is 1. The number of aromatic nitrogens is 3. The molecule has 24 heavy (non-hydrogen) atoms. The highest BCUT2D eigenvalue weighted by Crippen LogP contribution is 2.16. The third-order valence-corrected chi connectivity index (χ3v) is 3.50. The van der Waals surface area contributed by atoms with Gasteiger partial charge in [0, 0.05) is 12.4 Å². The van der Waals surface area contributed by atoms with Crippen LogP contribution in [-0.4, -0.2) is 25.9 Å². The second-order valence-corrected chi connectivity index (χ2v) is 5.46. The van der Waals surface area contributed by atoms with E-state index >= 15 is 0 Å². The molecule has 0 aliphatic heterocycles. The van der Waals surface area contributed by atoms with Crippen molar-refractivity contribution in [3.05, 3.63) is 74.9 Å². The van der Waals surface area contributed by atoms with Gasteiger partial charge in [0.15, 0.2) is 5.82 Å². The normalized spacial score (nSPS) is 11.1. The maximum Gasteiger partial charge on any atom is 0.268 e. The zero-order valence-electron chi connectivity index (χ0n) is 12.1. The lowest BCUT2D eigenvalue weighted by molar-refractivity contribution is 0.472. The van der Waals surface area contributed by atoms with Gasteiger partial charge >= 0.3 is 0 Å². The molecule has 0 fully saturated rings. The summed E-state index contributed by atoms with van der Waals surface area (Å²) in [5, 5.41) is 10.5. The van der Waals surface area contributed by atoms with Crippen LogP contribution in [0.4, 0.5) is 5.82 Å². The van der Waals surface area contributed by atoms with E-state index in [1.54, 1.807) is 36.4 Å². The Balaban J connectivity index is 2.06. The Morgan fingerprint density at radius 2 is 1.75 bits per heavy atom. The maximum absolute atomic E-state index is 12.6. The fraction of sp³-hybridized carbons (Fsp3) is 0. The number of hydrogen-bond acceptors (Lipinski definition) is 5. The molecule has 3 rings (SSSR count). The summed E-state index contributed by atoms with van der Waals surface area (Å²) < 4.78 is 1.26. The van der Waals surface area contributed by atoms with Crippen LogP contribution in [0.25, 0.3) is 5.82 Å². The average molecular weight is 361 g/mol. The van der Waals surface area contributed by atoms with Crippen molar-refractivity contribution in [3.63, 3.8) is 0 Å². The van der Waals surface area contributed by atoms with E-state index in [0.29, 0.717) is 11.6 Å². The Kier molecular flexibility index (Phi) is 4.59. The van der Waals surface area contributed by atoms with Gasteiger partial charge in [-0.1, -0.05) is 35.3 Å². The molecular weight excluding hydrogens is 351 g/mol. The van der Waals surface area contributed by atoms with Crippen LogP contribution in [0.3, 0.4) is 0 Å². The summed E-state index contributed by atoms with van der Waals surface area (Å²) in [4.78, 5) is 24.7. The van der Waals surface area contributed by atoms with Crippen LogP contribution >= 0.6 is 23.2 Å². The van der Waals surface area contributed by atoms with Gasteiger partial charge in [0.05, 0.1) is 0 Å². The van der Waals surface area contributed by atoms with Crippen LogP contribution in [-0.2, 0) is 0 Å². The third-order valence-electron chi connectivity index (χ3n) is 3.08. The quantitative estimate of drug-likeness (QED) is 0.573. The topological polar surface area (TPSA) is 80.4 Å². The Morgan fingerprint density at radius 3 is 2.46 bits per heavy atom. The van der Waals surface area contributed by atoms with Crippen molar-refractivity contribution in [1.29, 1.82) is 0 Å². The number of pyridine rings is 3. The molecule has 120 valence electrons. The predicted octanol–water partition coefficient (Wildman–Crippen LogP) is 3.39. The predicted molar refractivity (Wildman–Crippen MR) is 93.0 cm³/mol. The monoisotopic (exact) mass is 360 g/mol. The molecule has 0 aliphatic carbocycles. The first-order valence-corrected chi connectivity index (χ1v) is 7.54. The van der Waals surface area contributed by atoms with Gasteiger partial charge < -0.3 is 5.11 Å². The largest absolute Gasteiger partial charge is 0.507 e. The van der Waals surface area contributed by atoms with Crippen LogP contribution in [0.1, 0.15) is 5.56 Å².